The van der Waals surface area contributed by atoms with Crippen molar-refractivity contribution in [1.29, 1.82) is 0 Å². The van der Waals surface area contributed by atoms with Crippen molar-refractivity contribution in [1.82, 2.24) is 4.31 Å². The summed E-state index contributed by atoms with van der Waals surface area (Å²) >= 11 is 0. The molecule has 0 N–H and O–H groups in total. The molecule has 0 unspecified atom stereocenters. The summed E-state index contributed by atoms with van der Waals surface area (Å²) in [5.41, 5.74) is 0.784. The van der Waals surface area contributed by atoms with Gasteiger partial charge in [-0.05, 0) is 57.4 Å². The first-order chi connectivity index (χ1) is 10.9. The van der Waals surface area contributed by atoms with Gasteiger partial charge in [0.15, 0.2) is 0 Å². The highest BCUT2D eigenvalue weighted by molar-refractivity contribution is 7.89. The summed E-state index contributed by atoms with van der Waals surface area (Å²) in [5, 5.41) is 0. The summed E-state index contributed by atoms with van der Waals surface area (Å²) in [7, 11) is -3.48. The molecule has 0 spiro atoms. The van der Waals surface area contributed by atoms with Gasteiger partial charge in [0.2, 0.25) is 15.9 Å². The monoisotopic (exact) mass is 336 g/mol. The van der Waals surface area contributed by atoms with Gasteiger partial charge in [-0.15, -0.1) is 0 Å². The number of benzene rings is 1. The number of anilines is 1. The van der Waals surface area contributed by atoms with E-state index in [4.69, 9.17) is 0 Å². The van der Waals surface area contributed by atoms with Crippen LogP contribution in [0.15, 0.2) is 29.2 Å². The van der Waals surface area contributed by atoms with E-state index < -0.39 is 10.0 Å². The van der Waals surface area contributed by atoms with Crippen LogP contribution in [0.1, 0.15) is 46.0 Å². The highest BCUT2D eigenvalue weighted by Crippen LogP contribution is 2.30. The van der Waals surface area contributed by atoms with Crippen LogP contribution in [0.2, 0.25) is 0 Å². The van der Waals surface area contributed by atoms with Crippen LogP contribution in [-0.4, -0.2) is 37.3 Å². The number of nitrogens with zero attached hydrogens (tertiary/aromatic N) is 2. The van der Waals surface area contributed by atoms with Gasteiger partial charge in [-0.25, -0.2) is 8.42 Å². The third kappa shape index (κ3) is 3.02. The van der Waals surface area contributed by atoms with Crippen molar-refractivity contribution in [3.8, 4) is 0 Å². The lowest BCUT2D eigenvalue weighted by Gasteiger charge is -2.37. The first-order valence-electron chi connectivity index (χ1n) is 8.35. The molecule has 0 aromatic heterocycles. The van der Waals surface area contributed by atoms with Gasteiger partial charge in [0, 0.05) is 30.7 Å². The maximum absolute atomic E-state index is 13.0. The molecule has 2 fully saturated rings. The smallest absolute Gasteiger partial charge is 0.243 e. The predicted molar refractivity (Wildman–Crippen MR) is 89.8 cm³/mol. The second-order valence-corrected chi connectivity index (χ2v) is 8.45. The van der Waals surface area contributed by atoms with Crippen LogP contribution in [0, 0.1) is 0 Å². The molecule has 1 amide bonds. The van der Waals surface area contributed by atoms with Gasteiger partial charge in [-0.1, -0.05) is 6.42 Å². The average Bonchev–Trinajstić information content (AvgIpc) is 2.93. The van der Waals surface area contributed by atoms with Crippen LogP contribution in [0.5, 0.6) is 0 Å². The zero-order valence-electron chi connectivity index (χ0n) is 13.7. The normalized spacial score (nSPS) is 26.7. The van der Waals surface area contributed by atoms with E-state index in [9.17, 15) is 13.2 Å². The Hall–Kier alpha value is -1.40. The van der Waals surface area contributed by atoms with Crippen LogP contribution < -0.4 is 4.90 Å². The van der Waals surface area contributed by atoms with Crippen LogP contribution >= 0.6 is 0 Å². The van der Waals surface area contributed by atoms with E-state index in [1.165, 1.54) is 0 Å². The minimum atomic E-state index is -3.48. The molecular weight excluding hydrogens is 312 g/mol. The molecule has 2 aliphatic heterocycles. The first-order valence-corrected chi connectivity index (χ1v) is 9.79. The van der Waals surface area contributed by atoms with Gasteiger partial charge < -0.3 is 4.90 Å². The molecule has 23 heavy (non-hydrogen) atoms. The zero-order chi connectivity index (χ0) is 16.6. The Labute approximate surface area is 138 Å². The van der Waals surface area contributed by atoms with E-state index in [1.54, 1.807) is 33.5 Å². The molecule has 1 aromatic rings. The zero-order valence-corrected chi connectivity index (χ0v) is 14.6. The summed E-state index contributed by atoms with van der Waals surface area (Å²) in [6.07, 6.45) is 4.32. The third-order valence-electron chi connectivity index (χ3n) is 4.91. The Bertz CT molecular complexity index is 674. The van der Waals surface area contributed by atoms with Crippen molar-refractivity contribution in [2.24, 2.45) is 0 Å². The average molecular weight is 336 g/mol. The van der Waals surface area contributed by atoms with E-state index in [0.717, 1.165) is 31.4 Å². The molecule has 2 atom stereocenters. The number of piperidine rings is 1. The molecule has 2 heterocycles. The highest BCUT2D eigenvalue weighted by atomic mass is 32.2. The number of carbonyl (C=O) groups is 1. The van der Waals surface area contributed by atoms with Gasteiger partial charge in [0.05, 0.1) is 4.90 Å². The Morgan fingerprint density at radius 3 is 2.13 bits per heavy atom. The second kappa shape index (κ2) is 6.24. The third-order valence-corrected chi connectivity index (χ3v) is 7.05. The van der Waals surface area contributed by atoms with Crippen LogP contribution in [-0.2, 0) is 14.8 Å². The van der Waals surface area contributed by atoms with E-state index in [0.29, 0.717) is 17.9 Å². The number of sulfonamides is 1. The molecule has 1 aromatic carbocycles. The fourth-order valence-electron chi connectivity index (χ4n) is 3.71. The number of rotatable bonds is 3. The second-order valence-electron chi connectivity index (χ2n) is 6.61. The molecule has 0 saturated carbocycles. The fraction of sp³-hybridized carbons (Fsp3) is 0.588. The van der Waals surface area contributed by atoms with Crippen molar-refractivity contribution in [2.75, 3.05) is 11.4 Å². The van der Waals surface area contributed by atoms with Crippen molar-refractivity contribution in [3.05, 3.63) is 24.3 Å². The molecule has 5 nitrogen and oxygen atoms in total. The van der Waals surface area contributed by atoms with Gasteiger partial charge in [-0.2, -0.15) is 4.31 Å². The Morgan fingerprint density at radius 1 is 1.00 bits per heavy atom. The van der Waals surface area contributed by atoms with Gasteiger partial charge >= 0.3 is 0 Å². The molecule has 126 valence electrons. The number of carbonyl (C=O) groups excluding carboxylic acids is 1. The summed E-state index contributed by atoms with van der Waals surface area (Å²) in [4.78, 5) is 13.8. The lowest BCUT2D eigenvalue weighted by atomic mass is 10.0. The molecule has 2 aliphatic rings. The topological polar surface area (TPSA) is 57.7 Å². The van der Waals surface area contributed by atoms with Crippen molar-refractivity contribution < 1.29 is 13.2 Å². The Morgan fingerprint density at radius 2 is 1.61 bits per heavy atom. The lowest BCUT2D eigenvalue weighted by Crippen LogP contribution is -2.47. The maximum atomic E-state index is 13.0. The quantitative estimate of drug-likeness (QED) is 0.853. The number of hydrogen-bond donors (Lipinski definition) is 0. The maximum Gasteiger partial charge on any atom is 0.243 e. The fourth-order valence-corrected chi connectivity index (χ4v) is 5.59. The van der Waals surface area contributed by atoms with Crippen LogP contribution in [0.3, 0.4) is 0 Å². The van der Waals surface area contributed by atoms with E-state index in [1.807, 2.05) is 13.8 Å². The van der Waals surface area contributed by atoms with Crippen LogP contribution in [0.25, 0.3) is 0 Å². The van der Waals surface area contributed by atoms with E-state index >= 15 is 0 Å². The Kier molecular flexibility index (Phi) is 4.47. The standard InChI is InChI=1S/C17H24N2O3S/c1-13-5-3-6-14(2)19(13)23(21,22)16-10-8-15(9-11-16)18-12-4-7-17(18)20/h8-11,13-14H,3-7,12H2,1-2H3/t13-,14+. The van der Waals surface area contributed by atoms with Crippen molar-refractivity contribution in [2.45, 2.75) is 62.9 Å². The predicted octanol–water partition coefficient (Wildman–Crippen LogP) is 2.77. The van der Waals surface area contributed by atoms with Crippen molar-refractivity contribution in [3.63, 3.8) is 0 Å². The van der Waals surface area contributed by atoms with Gasteiger partial charge in [-0.3, -0.25) is 4.79 Å². The largest absolute Gasteiger partial charge is 0.312 e. The molecule has 3 rings (SSSR count). The molecule has 0 radical (unpaired) electrons. The Balaban J connectivity index is 1.87. The summed E-state index contributed by atoms with van der Waals surface area (Å²) in [5.74, 6) is 0.110. The molecule has 0 aliphatic carbocycles. The summed E-state index contributed by atoms with van der Waals surface area (Å²) in [6.45, 7) is 4.67. The minimum Gasteiger partial charge on any atom is -0.312 e. The molecular formula is C17H24N2O3S. The molecule has 2 saturated heterocycles. The number of hydrogen-bond acceptors (Lipinski definition) is 3. The van der Waals surface area contributed by atoms with Crippen LogP contribution in [0.4, 0.5) is 5.69 Å². The molecule has 0 bridgehead atoms. The van der Waals surface area contributed by atoms with E-state index in [2.05, 4.69) is 0 Å². The first kappa shape index (κ1) is 16.5. The highest BCUT2D eigenvalue weighted by Gasteiger charge is 2.35. The number of amides is 1. The molecule has 6 heteroatoms. The summed E-state index contributed by atoms with van der Waals surface area (Å²) in [6, 6.07) is 6.81. The lowest BCUT2D eigenvalue weighted by molar-refractivity contribution is -0.117. The van der Waals surface area contributed by atoms with E-state index in [-0.39, 0.29) is 18.0 Å². The van der Waals surface area contributed by atoms with Gasteiger partial charge in [0.25, 0.3) is 0 Å². The van der Waals surface area contributed by atoms with Gasteiger partial charge in [0.1, 0.15) is 0 Å². The SMILES string of the molecule is C[C@@H]1CCC[C@H](C)N1S(=O)(=O)c1ccc(N2CCCC2=O)cc1. The summed E-state index contributed by atoms with van der Waals surface area (Å²) < 4.78 is 27.5. The minimum absolute atomic E-state index is 0.0311. The van der Waals surface area contributed by atoms with Crippen molar-refractivity contribution >= 4 is 21.6 Å².